The second-order valence-electron chi connectivity index (χ2n) is 8.33. The average Bonchev–Trinajstić information content (AvgIpc) is 3.25. The van der Waals surface area contributed by atoms with Crippen molar-refractivity contribution in [1.82, 2.24) is 9.21 Å². The van der Waals surface area contributed by atoms with Crippen LogP contribution < -0.4 is 4.90 Å². The van der Waals surface area contributed by atoms with Crippen LogP contribution >= 0.6 is 11.3 Å². The first-order valence-electron chi connectivity index (χ1n) is 10.7. The zero-order chi connectivity index (χ0) is 22.2. The van der Waals surface area contributed by atoms with Crippen LogP contribution in [0, 0.1) is 5.82 Å². The molecule has 0 spiro atoms. The lowest BCUT2D eigenvalue weighted by Gasteiger charge is -2.38. The van der Waals surface area contributed by atoms with Gasteiger partial charge in [0.1, 0.15) is 15.6 Å². The van der Waals surface area contributed by atoms with Crippen molar-refractivity contribution in [3.8, 4) is 0 Å². The normalized spacial score (nSPS) is 23.2. The van der Waals surface area contributed by atoms with Crippen LogP contribution in [0.15, 0.2) is 40.6 Å². The van der Waals surface area contributed by atoms with Gasteiger partial charge in [0.2, 0.25) is 10.0 Å². The molecule has 31 heavy (non-hydrogen) atoms. The number of thiophene rings is 1. The predicted octanol–water partition coefficient (Wildman–Crippen LogP) is 3.80. The second-order valence-corrected chi connectivity index (χ2v) is 11.1. The highest BCUT2D eigenvalue weighted by molar-refractivity contribution is 7.89. The Hall–Kier alpha value is -1.97. The summed E-state index contributed by atoms with van der Waals surface area (Å²) in [5.41, 5.74) is 0.918. The predicted molar refractivity (Wildman–Crippen MR) is 121 cm³/mol. The van der Waals surface area contributed by atoms with Crippen molar-refractivity contribution in [2.45, 2.75) is 50.1 Å². The minimum atomic E-state index is -3.74. The van der Waals surface area contributed by atoms with Gasteiger partial charge >= 0.3 is 0 Å². The Morgan fingerprint density at radius 1 is 1.00 bits per heavy atom. The van der Waals surface area contributed by atoms with Crippen LogP contribution in [-0.2, 0) is 10.0 Å². The van der Waals surface area contributed by atoms with Gasteiger partial charge in [0.05, 0.1) is 0 Å². The van der Waals surface area contributed by atoms with Gasteiger partial charge in [-0.2, -0.15) is 4.31 Å². The fourth-order valence-electron chi connectivity index (χ4n) is 4.60. The van der Waals surface area contributed by atoms with Crippen LogP contribution in [0.4, 0.5) is 10.1 Å². The number of carbonyl (C=O) groups is 1. The summed E-state index contributed by atoms with van der Waals surface area (Å²) in [5.74, 6) is -0.508. The summed E-state index contributed by atoms with van der Waals surface area (Å²) in [6, 6.07) is 7.74. The number of benzene rings is 1. The SMILES string of the molecule is C[C@@H]1CCC[C@H](C)N1S(=O)(=O)c1ccsc1C(=O)N1CCN(c2ccc(F)cc2)CC1. The summed E-state index contributed by atoms with van der Waals surface area (Å²) in [6.07, 6.45) is 2.69. The summed E-state index contributed by atoms with van der Waals surface area (Å²) in [7, 11) is -3.74. The molecule has 3 heterocycles. The zero-order valence-corrected chi connectivity index (χ0v) is 19.5. The van der Waals surface area contributed by atoms with Gasteiger partial charge in [-0.15, -0.1) is 11.3 Å². The fourth-order valence-corrected chi connectivity index (χ4v) is 7.85. The summed E-state index contributed by atoms with van der Waals surface area (Å²) < 4.78 is 41.7. The van der Waals surface area contributed by atoms with E-state index in [2.05, 4.69) is 4.90 Å². The van der Waals surface area contributed by atoms with Gasteiger partial charge in [-0.05, 0) is 62.4 Å². The lowest BCUT2D eigenvalue weighted by atomic mass is 10.0. The van der Waals surface area contributed by atoms with E-state index in [1.807, 2.05) is 13.8 Å². The first-order valence-corrected chi connectivity index (χ1v) is 13.0. The molecule has 2 aromatic rings. The first-order chi connectivity index (χ1) is 14.8. The van der Waals surface area contributed by atoms with Crippen LogP contribution in [0.3, 0.4) is 0 Å². The number of piperazine rings is 1. The Bertz CT molecular complexity index is 1020. The van der Waals surface area contributed by atoms with E-state index < -0.39 is 10.0 Å². The van der Waals surface area contributed by atoms with Crippen molar-refractivity contribution < 1.29 is 17.6 Å². The summed E-state index contributed by atoms with van der Waals surface area (Å²) in [5, 5.41) is 1.69. The molecule has 0 saturated carbocycles. The molecule has 0 radical (unpaired) electrons. The van der Waals surface area contributed by atoms with Gasteiger partial charge < -0.3 is 9.80 Å². The summed E-state index contributed by atoms with van der Waals surface area (Å²) >= 11 is 1.19. The Labute approximate surface area is 187 Å². The lowest BCUT2D eigenvalue weighted by molar-refractivity contribution is 0.0747. The number of hydrogen-bond acceptors (Lipinski definition) is 5. The average molecular weight is 466 g/mol. The topological polar surface area (TPSA) is 60.9 Å². The molecular weight excluding hydrogens is 437 g/mol. The van der Waals surface area contributed by atoms with Gasteiger partial charge in [0.15, 0.2) is 0 Å². The molecule has 1 amide bonds. The molecule has 0 aliphatic carbocycles. The summed E-state index contributed by atoms with van der Waals surface area (Å²) in [6.45, 7) is 6.09. The molecule has 0 N–H and O–H groups in total. The monoisotopic (exact) mass is 465 g/mol. The van der Waals surface area contributed by atoms with Crippen molar-refractivity contribution >= 4 is 33.0 Å². The number of piperidine rings is 1. The molecule has 0 bridgehead atoms. The third-order valence-corrected chi connectivity index (χ3v) is 9.45. The van der Waals surface area contributed by atoms with Gasteiger partial charge in [-0.25, -0.2) is 12.8 Å². The van der Waals surface area contributed by atoms with Crippen molar-refractivity contribution in [2.75, 3.05) is 31.1 Å². The summed E-state index contributed by atoms with van der Waals surface area (Å²) in [4.78, 5) is 17.5. The van der Waals surface area contributed by atoms with E-state index in [1.54, 1.807) is 32.8 Å². The molecule has 0 unspecified atom stereocenters. The molecule has 6 nitrogen and oxygen atoms in total. The highest BCUT2D eigenvalue weighted by atomic mass is 32.2. The van der Waals surface area contributed by atoms with Gasteiger partial charge in [-0.3, -0.25) is 4.79 Å². The maximum absolute atomic E-state index is 13.5. The number of hydrogen-bond donors (Lipinski definition) is 0. The first kappa shape index (κ1) is 22.2. The number of halogens is 1. The second kappa shape index (κ2) is 8.88. The van der Waals surface area contributed by atoms with E-state index in [-0.39, 0.29) is 28.7 Å². The van der Waals surface area contributed by atoms with Crippen LogP contribution in [0.25, 0.3) is 0 Å². The minimum Gasteiger partial charge on any atom is -0.368 e. The van der Waals surface area contributed by atoms with Crippen LogP contribution in [0.1, 0.15) is 42.8 Å². The molecule has 1 aromatic carbocycles. The number of rotatable bonds is 4. The van der Waals surface area contributed by atoms with Crippen molar-refractivity contribution in [3.63, 3.8) is 0 Å². The van der Waals surface area contributed by atoms with E-state index in [1.165, 1.54) is 23.5 Å². The van der Waals surface area contributed by atoms with Crippen molar-refractivity contribution in [1.29, 1.82) is 0 Å². The molecule has 2 aliphatic rings. The zero-order valence-electron chi connectivity index (χ0n) is 17.8. The number of carbonyl (C=O) groups excluding carboxylic acids is 1. The molecule has 2 atom stereocenters. The van der Waals surface area contributed by atoms with E-state index in [0.717, 1.165) is 24.9 Å². The molecule has 9 heteroatoms. The van der Waals surface area contributed by atoms with Crippen LogP contribution in [0.2, 0.25) is 0 Å². The van der Waals surface area contributed by atoms with Crippen LogP contribution in [0.5, 0.6) is 0 Å². The van der Waals surface area contributed by atoms with Crippen LogP contribution in [-0.4, -0.2) is 61.8 Å². The maximum atomic E-state index is 13.5. The van der Waals surface area contributed by atoms with Gasteiger partial charge in [0.25, 0.3) is 5.91 Å². The molecule has 168 valence electrons. The highest BCUT2D eigenvalue weighted by Crippen LogP contribution is 2.33. The smallest absolute Gasteiger partial charge is 0.265 e. The largest absolute Gasteiger partial charge is 0.368 e. The molecule has 1 aromatic heterocycles. The molecule has 2 aliphatic heterocycles. The molecular formula is C22H28FN3O3S2. The fraction of sp³-hybridized carbons (Fsp3) is 0.500. The van der Waals surface area contributed by atoms with Gasteiger partial charge in [0, 0.05) is 44.0 Å². The third kappa shape index (κ3) is 4.36. The number of nitrogens with zero attached hydrogens (tertiary/aromatic N) is 3. The molecule has 2 saturated heterocycles. The van der Waals surface area contributed by atoms with Crippen molar-refractivity contribution in [3.05, 3.63) is 46.4 Å². The van der Waals surface area contributed by atoms with E-state index in [9.17, 15) is 17.6 Å². The highest BCUT2D eigenvalue weighted by Gasteiger charge is 2.39. The van der Waals surface area contributed by atoms with E-state index in [4.69, 9.17) is 0 Å². The standard InChI is InChI=1S/C22H28FN3O3S2/c1-16-4-3-5-17(2)26(16)31(28,29)20-10-15-30-21(20)22(27)25-13-11-24(12-14-25)19-8-6-18(23)7-9-19/h6-10,15-17H,3-5,11-14H2,1-2H3/t16-,17+. The Morgan fingerprint density at radius 3 is 2.23 bits per heavy atom. The molecule has 2 fully saturated rings. The number of amides is 1. The molecule has 4 rings (SSSR count). The van der Waals surface area contributed by atoms with Gasteiger partial charge in [-0.1, -0.05) is 6.42 Å². The maximum Gasteiger partial charge on any atom is 0.265 e. The van der Waals surface area contributed by atoms with E-state index >= 15 is 0 Å². The quantitative estimate of drug-likeness (QED) is 0.689. The Morgan fingerprint density at radius 2 is 1.61 bits per heavy atom. The number of sulfonamides is 1. The Balaban J connectivity index is 1.50. The Kier molecular flexibility index (Phi) is 6.37. The van der Waals surface area contributed by atoms with E-state index in [0.29, 0.717) is 31.1 Å². The van der Waals surface area contributed by atoms with Crippen molar-refractivity contribution in [2.24, 2.45) is 0 Å². The minimum absolute atomic E-state index is 0.0733. The lowest BCUT2D eigenvalue weighted by Crippen LogP contribution is -2.49. The number of anilines is 1. The third-order valence-electron chi connectivity index (χ3n) is 6.25.